The normalized spacial score (nSPS) is 11.1. The molecule has 0 atom stereocenters. The highest BCUT2D eigenvalue weighted by Gasteiger charge is 2.11. The standard InChI is InChI=1S/C12H21NS/c1-3-5-7-11(8-6-4-2)12-9-14-10-13-12/h9-11H,3-8H2,1-2H3. The van der Waals surface area contributed by atoms with E-state index in [2.05, 4.69) is 24.2 Å². The molecule has 80 valence electrons. The Morgan fingerprint density at radius 3 is 2.29 bits per heavy atom. The second-order valence-electron chi connectivity index (χ2n) is 3.89. The third kappa shape index (κ3) is 3.79. The van der Waals surface area contributed by atoms with Crippen molar-refractivity contribution in [2.24, 2.45) is 0 Å². The van der Waals surface area contributed by atoms with Crippen LogP contribution in [-0.4, -0.2) is 4.98 Å². The quantitative estimate of drug-likeness (QED) is 0.642. The van der Waals surface area contributed by atoms with Gasteiger partial charge in [-0.25, -0.2) is 4.98 Å². The molecule has 1 aromatic rings. The minimum absolute atomic E-state index is 0.723. The van der Waals surface area contributed by atoms with Crippen LogP contribution in [0.4, 0.5) is 0 Å². The second-order valence-corrected chi connectivity index (χ2v) is 4.61. The molecule has 14 heavy (non-hydrogen) atoms. The van der Waals surface area contributed by atoms with Crippen LogP contribution in [-0.2, 0) is 0 Å². The predicted octanol–water partition coefficient (Wildman–Crippen LogP) is 4.61. The van der Waals surface area contributed by atoms with Crippen molar-refractivity contribution in [1.29, 1.82) is 0 Å². The van der Waals surface area contributed by atoms with E-state index in [0.717, 1.165) is 5.92 Å². The fraction of sp³-hybridized carbons (Fsp3) is 0.750. The lowest BCUT2D eigenvalue weighted by molar-refractivity contribution is 0.517. The molecular formula is C12H21NS. The zero-order chi connectivity index (χ0) is 10.2. The molecule has 1 nitrogen and oxygen atoms in total. The van der Waals surface area contributed by atoms with Crippen molar-refractivity contribution < 1.29 is 0 Å². The van der Waals surface area contributed by atoms with E-state index < -0.39 is 0 Å². The van der Waals surface area contributed by atoms with E-state index in [-0.39, 0.29) is 0 Å². The van der Waals surface area contributed by atoms with Gasteiger partial charge in [-0.1, -0.05) is 39.5 Å². The first-order valence-corrected chi connectivity index (χ1v) is 6.70. The predicted molar refractivity (Wildman–Crippen MR) is 63.9 cm³/mol. The van der Waals surface area contributed by atoms with Crippen molar-refractivity contribution in [2.75, 3.05) is 0 Å². The fourth-order valence-electron chi connectivity index (χ4n) is 1.76. The minimum atomic E-state index is 0.723. The topological polar surface area (TPSA) is 12.9 Å². The third-order valence-electron chi connectivity index (χ3n) is 2.68. The Morgan fingerprint density at radius 1 is 1.21 bits per heavy atom. The first-order chi connectivity index (χ1) is 6.88. The van der Waals surface area contributed by atoms with E-state index in [4.69, 9.17) is 0 Å². The number of nitrogens with zero attached hydrogens (tertiary/aromatic N) is 1. The van der Waals surface area contributed by atoms with Crippen LogP contribution in [0.5, 0.6) is 0 Å². The number of rotatable bonds is 7. The zero-order valence-electron chi connectivity index (χ0n) is 9.33. The fourth-order valence-corrected chi connectivity index (χ4v) is 2.40. The van der Waals surface area contributed by atoms with E-state index in [1.807, 2.05) is 5.51 Å². The van der Waals surface area contributed by atoms with E-state index >= 15 is 0 Å². The molecule has 0 bridgehead atoms. The first-order valence-electron chi connectivity index (χ1n) is 5.76. The first kappa shape index (κ1) is 11.7. The lowest BCUT2D eigenvalue weighted by Crippen LogP contribution is -1.99. The van der Waals surface area contributed by atoms with Crippen LogP contribution in [0.3, 0.4) is 0 Å². The molecule has 1 aromatic heterocycles. The van der Waals surface area contributed by atoms with Crippen LogP contribution in [0.2, 0.25) is 0 Å². The molecule has 1 rings (SSSR count). The van der Waals surface area contributed by atoms with E-state index in [1.54, 1.807) is 11.3 Å². The van der Waals surface area contributed by atoms with Crippen LogP contribution in [0.15, 0.2) is 10.9 Å². The molecule has 0 saturated carbocycles. The summed E-state index contributed by atoms with van der Waals surface area (Å²) in [7, 11) is 0. The summed E-state index contributed by atoms with van der Waals surface area (Å²) in [6, 6.07) is 0. The highest BCUT2D eigenvalue weighted by atomic mass is 32.1. The summed E-state index contributed by atoms with van der Waals surface area (Å²) in [4.78, 5) is 4.44. The highest BCUT2D eigenvalue weighted by Crippen LogP contribution is 2.27. The Labute approximate surface area is 91.6 Å². The summed E-state index contributed by atoms with van der Waals surface area (Å²) in [6.07, 6.45) is 7.91. The van der Waals surface area contributed by atoms with Crippen molar-refractivity contribution in [3.05, 3.63) is 16.6 Å². The molecule has 2 heteroatoms. The average molecular weight is 211 g/mol. The van der Waals surface area contributed by atoms with Crippen molar-refractivity contribution in [3.63, 3.8) is 0 Å². The van der Waals surface area contributed by atoms with Crippen LogP contribution in [0.25, 0.3) is 0 Å². The average Bonchev–Trinajstić information content (AvgIpc) is 2.71. The van der Waals surface area contributed by atoms with Crippen LogP contribution in [0.1, 0.15) is 64.0 Å². The lowest BCUT2D eigenvalue weighted by atomic mass is 9.94. The maximum absolute atomic E-state index is 4.44. The van der Waals surface area contributed by atoms with E-state index in [0.29, 0.717) is 0 Å². The molecule has 1 heterocycles. The molecule has 0 aliphatic carbocycles. The van der Waals surface area contributed by atoms with Gasteiger partial charge in [0.25, 0.3) is 0 Å². The Morgan fingerprint density at radius 2 is 1.86 bits per heavy atom. The number of unbranched alkanes of at least 4 members (excludes halogenated alkanes) is 2. The Balaban J connectivity index is 2.44. The minimum Gasteiger partial charge on any atom is -0.249 e. The maximum atomic E-state index is 4.44. The van der Waals surface area contributed by atoms with Gasteiger partial charge in [-0.05, 0) is 12.8 Å². The van der Waals surface area contributed by atoms with Crippen LogP contribution < -0.4 is 0 Å². The lowest BCUT2D eigenvalue weighted by Gasteiger charge is -2.13. The third-order valence-corrected chi connectivity index (χ3v) is 3.29. The van der Waals surface area contributed by atoms with Crippen molar-refractivity contribution in [3.8, 4) is 0 Å². The van der Waals surface area contributed by atoms with Crippen LogP contribution >= 0.6 is 11.3 Å². The van der Waals surface area contributed by atoms with Gasteiger partial charge in [-0.2, -0.15) is 0 Å². The van der Waals surface area contributed by atoms with Crippen LogP contribution in [0, 0.1) is 0 Å². The van der Waals surface area contributed by atoms with Gasteiger partial charge in [0.1, 0.15) is 0 Å². The number of thiazole rings is 1. The number of aromatic nitrogens is 1. The second kappa shape index (κ2) is 6.99. The van der Waals surface area contributed by atoms with Crippen molar-refractivity contribution in [1.82, 2.24) is 4.98 Å². The molecule has 0 saturated heterocycles. The molecule has 0 N–H and O–H groups in total. The van der Waals surface area contributed by atoms with E-state index in [1.165, 1.54) is 44.2 Å². The van der Waals surface area contributed by atoms with Gasteiger partial charge in [0.15, 0.2) is 0 Å². The molecule has 0 amide bonds. The number of hydrogen-bond donors (Lipinski definition) is 0. The molecule has 0 radical (unpaired) electrons. The highest BCUT2D eigenvalue weighted by molar-refractivity contribution is 7.07. The van der Waals surface area contributed by atoms with Gasteiger partial charge >= 0.3 is 0 Å². The molecule has 0 unspecified atom stereocenters. The maximum Gasteiger partial charge on any atom is 0.0794 e. The summed E-state index contributed by atoms with van der Waals surface area (Å²) in [5.74, 6) is 0.723. The molecule has 0 fully saturated rings. The summed E-state index contributed by atoms with van der Waals surface area (Å²) >= 11 is 1.72. The number of hydrogen-bond acceptors (Lipinski definition) is 2. The van der Waals surface area contributed by atoms with Gasteiger partial charge in [0, 0.05) is 11.3 Å². The van der Waals surface area contributed by atoms with Crippen molar-refractivity contribution >= 4 is 11.3 Å². The molecule has 0 aliphatic heterocycles. The molecule has 0 aromatic carbocycles. The molecule has 0 aliphatic rings. The largest absolute Gasteiger partial charge is 0.249 e. The van der Waals surface area contributed by atoms with Gasteiger partial charge in [-0.15, -0.1) is 11.3 Å². The molecule has 0 spiro atoms. The SMILES string of the molecule is CCCCC(CCCC)c1cscn1. The molecular weight excluding hydrogens is 190 g/mol. The Kier molecular flexibility index (Phi) is 5.85. The van der Waals surface area contributed by atoms with Gasteiger partial charge in [-0.3, -0.25) is 0 Å². The summed E-state index contributed by atoms with van der Waals surface area (Å²) in [5, 5.41) is 2.22. The van der Waals surface area contributed by atoms with Gasteiger partial charge < -0.3 is 0 Å². The monoisotopic (exact) mass is 211 g/mol. The Bertz CT molecular complexity index is 210. The zero-order valence-corrected chi connectivity index (χ0v) is 10.1. The van der Waals surface area contributed by atoms with Crippen molar-refractivity contribution in [2.45, 2.75) is 58.3 Å². The Hall–Kier alpha value is -0.370. The van der Waals surface area contributed by atoms with Gasteiger partial charge in [0.2, 0.25) is 0 Å². The summed E-state index contributed by atoms with van der Waals surface area (Å²) < 4.78 is 0. The van der Waals surface area contributed by atoms with E-state index in [9.17, 15) is 0 Å². The summed E-state index contributed by atoms with van der Waals surface area (Å²) in [5.41, 5.74) is 3.29. The smallest absolute Gasteiger partial charge is 0.0794 e. The summed E-state index contributed by atoms with van der Waals surface area (Å²) in [6.45, 7) is 4.52. The van der Waals surface area contributed by atoms with Gasteiger partial charge in [0.05, 0.1) is 11.2 Å².